The Hall–Kier alpha value is -1.42. The van der Waals surface area contributed by atoms with Crippen LogP contribution in [0.2, 0.25) is 0 Å². The van der Waals surface area contributed by atoms with Crippen LogP contribution in [-0.2, 0) is 0 Å². The zero-order valence-corrected chi connectivity index (χ0v) is 8.57. The van der Waals surface area contributed by atoms with E-state index in [9.17, 15) is 4.79 Å². The smallest absolute Gasteiger partial charge is 0.253 e. The molecule has 1 amide bonds. The van der Waals surface area contributed by atoms with E-state index < -0.39 is 0 Å². The van der Waals surface area contributed by atoms with Crippen LogP contribution in [0.5, 0.6) is 0 Å². The summed E-state index contributed by atoms with van der Waals surface area (Å²) in [5, 5.41) is 6.26. The molecule has 1 fully saturated rings. The van der Waals surface area contributed by atoms with Crippen LogP contribution in [0.15, 0.2) is 24.5 Å². The molecule has 0 bridgehead atoms. The summed E-state index contributed by atoms with van der Waals surface area (Å²) in [5.74, 6) is -0.0307. The van der Waals surface area contributed by atoms with Gasteiger partial charge in [0.1, 0.15) is 0 Å². The molecule has 2 heterocycles. The summed E-state index contributed by atoms with van der Waals surface area (Å²) in [6.45, 7) is 1.92. The first-order valence-electron chi connectivity index (χ1n) is 5.28. The van der Waals surface area contributed by atoms with Crippen molar-refractivity contribution >= 4 is 5.91 Å². The minimum absolute atomic E-state index is 0.0307. The molecular weight excluding hydrogens is 190 g/mol. The molecule has 1 unspecified atom stereocenters. The maximum atomic E-state index is 11.7. The first kappa shape index (κ1) is 10.1. The van der Waals surface area contributed by atoms with Gasteiger partial charge in [0.05, 0.1) is 5.56 Å². The van der Waals surface area contributed by atoms with Crippen molar-refractivity contribution in [3.05, 3.63) is 30.1 Å². The molecule has 1 aromatic rings. The van der Waals surface area contributed by atoms with Gasteiger partial charge in [-0.15, -0.1) is 0 Å². The van der Waals surface area contributed by atoms with Crippen LogP contribution in [-0.4, -0.2) is 30.0 Å². The van der Waals surface area contributed by atoms with E-state index in [1.807, 2.05) is 0 Å². The second kappa shape index (κ2) is 4.89. The number of pyridine rings is 1. The fraction of sp³-hybridized carbons (Fsp3) is 0.455. The molecule has 1 aromatic heterocycles. The van der Waals surface area contributed by atoms with Crippen molar-refractivity contribution in [2.75, 3.05) is 13.1 Å². The summed E-state index contributed by atoms with van der Waals surface area (Å²) in [7, 11) is 0. The van der Waals surface area contributed by atoms with Crippen molar-refractivity contribution in [1.82, 2.24) is 15.6 Å². The molecule has 15 heavy (non-hydrogen) atoms. The van der Waals surface area contributed by atoms with Gasteiger partial charge < -0.3 is 10.6 Å². The van der Waals surface area contributed by atoms with Gasteiger partial charge >= 0.3 is 0 Å². The number of nitrogens with zero attached hydrogens (tertiary/aromatic N) is 1. The number of rotatable bonds is 2. The monoisotopic (exact) mass is 205 g/mol. The first-order chi connectivity index (χ1) is 7.36. The molecule has 1 aliphatic heterocycles. The Morgan fingerprint density at radius 2 is 2.53 bits per heavy atom. The Morgan fingerprint density at radius 1 is 1.60 bits per heavy atom. The van der Waals surface area contributed by atoms with Gasteiger partial charge in [0.2, 0.25) is 0 Å². The van der Waals surface area contributed by atoms with E-state index in [1.54, 1.807) is 24.5 Å². The molecule has 1 aliphatic rings. The van der Waals surface area contributed by atoms with Gasteiger partial charge in [0, 0.05) is 25.0 Å². The molecule has 4 nitrogen and oxygen atoms in total. The Labute approximate surface area is 89.1 Å². The van der Waals surface area contributed by atoms with E-state index in [0.29, 0.717) is 5.56 Å². The third-order valence-corrected chi connectivity index (χ3v) is 2.56. The Kier molecular flexibility index (Phi) is 3.29. The van der Waals surface area contributed by atoms with Crippen LogP contribution in [0.4, 0.5) is 0 Å². The molecule has 0 aromatic carbocycles. The van der Waals surface area contributed by atoms with Gasteiger partial charge in [-0.1, -0.05) is 0 Å². The molecule has 0 spiro atoms. The molecule has 80 valence electrons. The zero-order valence-electron chi connectivity index (χ0n) is 8.57. The third kappa shape index (κ3) is 2.76. The highest BCUT2D eigenvalue weighted by molar-refractivity contribution is 5.94. The Balaban J connectivity index is 1.91. The third-order valence-electron chi connectivity index (χ3n) is 2.56. The van der Waals surface area contributed by atoms with E-state index in [1.165, 1.54) is 0 Å². The van der Waals surface area contributed by atoms with E-state index in [2.05, 4.69) is 15.6 Å². The van der Waals surface area contributed by atoms with Crippen LogP contribution in [0.25, 0.3) is 0 Å². The minimum atomic E-state index is -0.0307. The fourth-order valence-electron chi connectivity index (χ4n) is 1.74. The predicted octanol–water partition coefficient (Wildman–Crippen LogP) is 0.563. The summed E-state index contributed by atoms with van der Waals surface area (Å²) in [5.41, 5.74) is 0.628. The number of hydrogen-bond donors (Lipinski definition) is 2. The number of hydrogen-bond acceptors (Lipinski definition) is 3. The van der Waals surface area contributed by atoms with Crippen LogP contribution in [0, 0.1) is 0 Å². The molecule has 0 radical (unpaired) electrons. The Bertz CT molecular complexity index is 320. The van der Waals surface area contributed by atoms with E-state index >= 15 is 0 Å². The van der Waals surface area contributed by atoms with Crippen molar-refractivity contribution in [3.8, 4) is 0 Å². The second-order valence-corrected chi connectivity index (χ2v) is 3.76. The summed E-state index contributed by atoms with van der Waals surface area (Å²) in [6.07, 6.45) is 5.43. The average molecular weight is 205 g/mol. The van der Waals surface area contributed by atoms with Gasteiger partial charge in [-0.2, -0.15) is 0 Å². The van der Waals surface area contributed by atoms with Gasteiger partial charge in [-0.3, -0.25) is 9.78 Å². The second-order valence-electron chi connectivity index (χ2n) is 3.76. The highest BCUT2D eigenvalue weighted by Gasteiger charge is 2.15. The van der Waals surface area contributed by atoms with Crippen LogP contribution in [0.3, 0.4) is 0 Å². The predicted molar refractivity (Wildman–Crippen MR) is 57.6 cm³/mol. The van der Waals surface area contributed by atoms with Crippen molar-refractivity contribution < 1.29 is 4.79 Å². The van der Waals surface area contributed by atoms with E-state index in [4.69, 9.17) is 0 Å². The summed E-state index contributed by atoms with van der Waals surface area (Å²) >= 11 is 0. The van der Waals surface area contributed by atoms with Crippen LogP contribution in [0.1, 0.15) is 23.2 Å². The molecule has 2 N–H and O–H groups in total. The van der Waals surface area contributed by atoms with Gasteiger partial charge in [-0.05, 0) is 31.5 Å². The Morgan fingerprint density at radius 3 is 3.20 bits per heavy atom. The average Bonchev–Trinajstić information content (AvgIpc) is 2.31. The fourth-order valence-corrected chi connectivity index (χ4v) is 1.74. The van der Waals surface area contributed by atoms with E-state index in [-0.39, 0.29) is 11.9 Å². The van der Waals surface area contributed by atoms with Crippen molar-refractivity contribution in [2.24, 2.45) is 0 Å². The van der Waals surface area contributed by atoms with Gasteiger partial charge in [-0.25, -0.2) is 0 Å². The molecule has 1 saturated heterocycles. The highest BCUT2D eigenvalue weighted by atomic mass is 16.1. The number of piperidine rings is 1. The van der Waals surface area contributed by atoms with Gasteiger partial charge in [0.15, 0.2) is 0 Å². The number of nitrogens with one attached hydrogen (secondary N) is 2. The number of carbonyl (C=O) groups excluding carboxylic acids is 1. The zero-order chi connectivity index (χ0) is 10.5. The standard InChI is InChI=1S/C11H15N3O/c15-11(9-3-1-5-12-7-9)14-10-4-2-6-13-8-10/h1,3,5,7,10,13H,2,4,6,8H2,(H,14,15). The maximum Gasteiger partial charge on any atom is 0.253 e. The van der Waals surface area contributed by atoms with Crippen molar-refractivity contribution in [3.63, 3.8) is 0 Å². The van der Waals surface area contributed by atoms with Crippen LogP contribution >= 0.6 is 0 Å². The summed E-state index contributed by atoms with van der Waals surface area (Å²) < 4.78 is 0. The number of aromatic nitrogens is 1. The molecular formula is C11H15N3O. The summed E-state index contributed by atoms with van der Waals surface area (Å²) in [6, 6.07) is 3.80. The topological polar surface area (TPSA) is 54.0 Å². The minimum Gasteiger partial charge on any atom is -0.348 e. The maximum absolute atomic E-state index is 11.7. The molecule has 4 heteroatoms. The first-order valence-corrected chi connectivity index (χ1v) is 5.28. The largest absolute Gasteiger partial charge is 0.348 e. The van der Waals surface area contributed by atoms with Gasteiger partial charge in [0.25, 0.3) is 5.91 Å². The molecule has 0 aliphatic carbocycles. The number of carbonyl (C=O) groups is 1. The quantitative estimate of drug-likeness (QED) is 0.742. The highest BCUT2D eigenvalue weighted by Crippen LogP contribution is 2.03. The van der Waals surface area contributed by atoms with E-state index in [0.717, 1.165) is 25.9 Å². The number of amides is 1. The lowest BCUT2D eigenvalue weighted by Gasteiger charge is -2.23. The normalized spacial score (nSPS) is 20.9. The lowest BCUT2D eigenvalue weighted by Crippen LogP contribution is -2.45. The van der Waals surface area contributed by atoms with Crippen molar-refractivity contribution in [2.45, 2.75) is 18.9 Å². The SMILES string of the molecule is O=C(NC1CCCNC1)c1cccnc1. The lowest BCUT2D eigenvalue weighted by molar-refractivity contribution is 0.0930. The van der Waals surface area contributed by atoms with Crippen LogP contribution < -0.4 is 10.6 Å². The lowest BCUT2D eigenvalue weighted by atomic mass is 10.1. The molecule has 1 atom stereocenters. The molecule has 2 rings (SSSR count). The van der Waals surface area contributed by atoms with Crippen molar-refractivity contribution in [1.29, 1.82) is 0 Å². The summed E-state index contributed by atoms with van der Waals surface area (Å²) in [4.78, 5) is 15.7. The molecule has 0 saturated carbocycles.